The molecule has 0 radical (unpaired) electrons. The smallest absolute Gasteiger partial charge is 0.262 e. The maximum Gasteiger partial charge on any atom is 0.262 e. The summed E-state index contributed by atoms with van der Waals surface area (Å²) >= 11 is 5.57. The molecule has 0 spiro atoms. The first-order valence-electron chi connectivity index (χ1n) is 6.05. The summed E-state index contributed by atoms with van der Waals surface area (Å²) in [4.78, 5) is 0.132. The predicted octanol–water partition coefficient (Wildman–Crippen LogP) is 3.48. The van der Waals surface area contributed by atoms with Gasteiger partial charge in [-0.1, -0.05) is 11.6 Å². The molecule has 2 aromatic carbocycles. The van der Waals surface area contributed by atoms with Crippen LogP contribution in [0, 0.1) is 19.7 Å². The molecule has 0 aliphatic carbocycles. The molecule has 0 heterocycles. The summed E-state index contributed by atoms with van der Waals surface area (Å²) in [6.45, 7) is 3.31. The third-order valence-corrected chi connectivity index (χ3v) is 4.92. The minimum absolute atomic E-state index is 0.0715. The Morgan fingerprint density at radius 1 is 1.14 bits per heavy atom. The van der Waals surface area contributed by atoms with Gasteiger partial charge in [-0.2, -0.15) is 0 Å². The number of halogens is 2. The zero-order valence-corrected chi connectivity index (χ0v) is 13.0. The molecule has 112 valence electrons. The first-order valence-corrected chi connectivity index (χ1v) is 7.91. The van der Waals surface area contributed by atoms with E-state index in [0.29, 0.717) is 16.8 Å². The number of nitrogens with two attached hydrogens (primary N) is 1. The minimum Gasteiger partial charge on any atom is -0.399 e. The zero-order chi connectivity index (χ0) is 15.8. The molecule has 4 nitrogen and oxygen atoms in total. The Labute approximate surface area is 127 Å². The highest BCUT2D eigenvalue weighted by Gasteiger charge is 2.20. The summed E-state index contributed by atoms with van der Waals surface area (Å²) in [6.07, 6.45) is 0. The van der Waals surface area contributed by atoms with Gasteiger partial charge in [0, 0.05) is 5.69 Å². The van der Waals surface area contributed by atoms with E-state index in [2.05, 4.69) is 4.72 Å². The Morgan fingerprint density at radius 3 is 2.24 bits per heavy atom. The highest BCUT2D eigenvalue weighted by molar-refractivity contribution is 7.92. The third kappa shape index (κ3) is 3.28. The molecular formula is C14H14ClFN2O2S. The van der Waals surface area contributed by atoms with Gasteiger partial charge in [-0.25, -0.2) is 12.8 Å². The molecule has 3 N–H and O–H groups in total. The highest BCUT2D eigenvalue weighted by Crippen LogP contribution is 2.26. The number of nitrogen functional groups attached to an aromatic ring is 1. The lowest BCUT2D eigenvalue weighted by molar-refractivity contribution is 0.600. The van der Waals surface area contributed by atoms with Crippen molar-refractivity contribution in [2.45, 2.75) is 18.7 Å². The van der Waals surface area contributed by atoms with Gasteiger partial charge in [0.15, 0.2) is 0 Å². The second-order valence-corrected chi connectivity index (χ2v) is 6.74. The van der Waals surface area contributed by atoms with E-state index in [9.17, 15) is 12.8 Å². The summed E-state index contributed by atoms with van der Waals surface area (Å²) < 4.78 is 40.6. The molecule has 0 fully saturated rings. The summed E-state index contributed by atoms with van der Waals surface area (Å²) in [5.41, 5.74) is 7.32. The number of anilines is 2. The molecule has 7 heteroatoms. The van der Waals surface area contributed by atoms with Crippen molar-refractivity contribution in [2.75, 3.05) is 10.5 Å². The number of rotatable bonds is 3. The predicted molar refractivity (Wildman–Crippen MR) is 82.5 cm³/mol. The fourth-order valence-electron chi connectivity index (χ4n) is 2.17. The van der Waals surface area contributed by atoms with E-state index >= 15 is 0 Å². The number of nitrogens with one attached hydrogen (secondary N) is 1. The summed E-state index contributed by atoms with van der Waals surface area (Å²) in [5.74, 6) is -0.692. The minimum atomic E-state index is -3.84. The fraction of sp³-hybridized carbons (Fsp3) is 0.143. The van der Waals surface area contributed by atoms with Crippen molar-refractivity contribution in [2.24, 2.45) is 0 Å². The molecule has 0 bridgehead atoms. The van der Waals surface area contributed by atoms with Crippen LogP contribution in [0.1, 0.15) is 11.1 Å². The van der Waals surface area contributed by atoms with Crippen LogP contribution in [0.4, 0.5) is 15.8 Å². The lowest BCUT2D eigenvalue weighted by atomic mass is 10.1. The van der Waals surface area contributed by atoms with E-state index in [1.54, 1.807) is 26.0 Å². The van der Waals surface area contributed by atoms with Crippen molar-refractivity contribution in [3.8, 4) is 0 Å². The van der Waals surface area contributed by atoms with Crippen LogP contribution in [0.25, 0.3) is 0 Å². The van der Waals surface area contributed by atoms with Gasteiger partial charge in [-0.3, -0.25) is 4.72 Å². The van der Waals surface area contributed by atoms with Crippen LogP contribution in [0.15, 0.2) is 35.2 Å². The molecule has 2 rings (SSSR count). The molecule has 21 heavy (non-hydrogen) atoms. The Balaban J connectivity index is 2.46. The van der Waals surface area contributed by atoms with Crippen molar-refractivity contribution in [3.05, 3.63) is 52.3 Å². The average molecular weight is 329 g/mol. The van der Waals surface area contributed by atoms with Crippen LogP contribution in [0.5, 0.6) is 0 Å². The van der Waals surface area contributed by atoms with Crippen molar-refractivity contribution < 1.29 is 12.8 Å². The van der Waals surface area contributed by atoms with Crippen molar-refractivity contribution >= 4 is 33.0 Å². The molecule has 0 amide bonds. The van der Waals surface area contributed by atoms with E-state index in [1.165, 1.54) is 12.1 Å². The molecular weight excluding hydrogens is 315 g/mol. The number of hydrogen-bond acceptors (Lipinski definition) is 3. The molecule has 0 unspecified atom stereocenters. The van der Waals surface area contributed by atoms with Gasteiger partial charge >= 0.3 is 0 Å². The van der Waals surface area contributed by atoms with E-state index in [0.717, 1.165) is 6.07 Å². The Kier molecular flexibility index (Phi) is 4.11. The lowest BCUT2D eigenvalue weighted by Gasteiger charge is -2.14. The summed E-state index contributed by atoms with van der Waals surface area (Å²) in [5, 5.41) is -0.0715. The van der Waals surface area contributed by atoms with Crippen molar-refractivity contribution in [3.63, 3.8) is 0 Å². The molecule has 0 atom stereocenters. The quantitative estimate of drug-likeness (QED) is 0.847. The SMILES string of the molecule is Cc1cc(N)cc(C)c1S(=O)(=O)Nc1ccc(Cl)c(F)c1. The van der Waals surface area contributed by atoms with Crippen molar-refractivity contribution in [1.29, 1.82) is 0 Å². The largest absolute Gasteiger partial charge is 0.399 e. The normalized spacial score (nSPS) is 11.4. The van der Waals surface area contributed by atoms with Gasteiger partial charge in [0.05, 0.1) is 15.6 Å². The standard InChI is InChI=1S/C14H14ClFN2O2S/c1-8-5-10(17)6-9(2)14(8)21(19,20)18-11-3-4-12(15)13(16)7-11/h3-7,18H,17H2,1-2H3. The number of aryl methyl sites for hydroxylation is 2. The number of benzene rings is 2. The van der Waals surface area contributed by atoms with E-state index in [1.807, 2.05) is 0 Å². The molecule has 0 saturated carbocycles. The Bertz CT molecular complexity index is 784. The van der Waals surface area contributed by atoms with Gasteiger partial charge in [0.25, 0.3) is 10.0 Å². The maximum atomic E-state index is 13.4. The molecule has 0 aliphatic rings. The van der Waals surface area contributed by atoms with E-state index < -0.39 is 15.8 Å². The van der Waals surface area contributed by atoms with Crippen LogP contribution in [-0.4, -0.2) is 8.42 Å². The number of sulfonamides is 1. The van der Waals surface area contributed by atoms with E-state index in [4.69, 9.17) is 17.3 Å². The molecule has 0 aromatic heterocycles. The van der Waals surface area contributed by atoms with Crippen LogP contribution in [0.2, 0.25) is 5.02 Å². The topological polar surface area (TPSA) is 72.2 Å². The van der Waals surface area contributed by atoms with Gasteiger partial charge in [0.1, 0.15) is 5.82 Å². The molecule has 2 aromatic rings. The van der Waals surface area contributed by atoms with Gasteiger partial charge in [0.2, 0.25) is 0 Å². The first-order chi connectivity index (χ1) is 9.70. The summed E-state index contributed by atoms with van der Waals surface area (Å²) in [6, 6.07) is 6.86. The number of hydrogen-bond donors (Lipinski definition) is 2. The van der Waals surface area contributed by atoms with Crippen LogP contribution < -0.4 is 10.5 Å². The van der Waals surface area contributed by atoms with Gasteiger partial charge < -0.3 is 5.73 Å². The van der Waals surface area contributed by atoms with Crippen LogP contribution >= 0.6 is 11.6 Å². The van der Waals surface area contributed by atoms with Crippen LogP contribution in [-0.2, 0) is 10.0 Å². The molecule has 0 aliphatic heterocycles. The summed E-state index contributed by atoms with van der Waals surface area (Å²) in [7, 11) is -3.84. The Hall–Kier alpha value is -1.79. The second kappa shape index (κ2) is 5.54. The maximum absolute atomic E-state index is 13.4. The fourth-order valence-corrected chi connectivity index (χ4v) is 3.80. The zero-order valence-electron chi connectivity index (χ0n) is 11.4. The molecule has 0 saturated heterocycles. The first kappa shape index (κ1) is 15.6. The monoisotopic (exact) mass is 328 g/mol. The van der Waals surface area contributed by atoms with E-state index in [-0.39, 0.29) is 15.6 Å². The van der Waals surface area contributed by atoms with Gasteiger partial charge in [-0.15, -0.1) is 0 Å². The highest BCUT2D eigenvalue weighted by atomic mass is 35.5. The third-order valence-electron chi connectivity index (χ3n) is 2.92. The Morgan fingerprint density at radius 2 is 1.71 bits per heavy atom. The average Bonchev–Trinajstić information content (AvgIpc) is 2.31. The van der Waals surface area contributed by atoms with Crippen LogP contribution in [0.3, 0.4) is 0 Å². The lowest BCUT2D eigenvalue weighted by Crippen LogP contribution is -2.16. The van der Waals surface area contributed by atoms with Crippen molar-refractivity contribution in [1.82, 2.24) is 0 Å². The van der Waals surface area contributed by atoms with Gasteiger partial charge in [-0.05, 0) is 55.3 Å². The second-order valence-electron chi connectivity index (χ2n) is 4.72.